The minimum atomic E-state index is -0.313. The number of rotatable bonds is 10. The zero-order valence-electron chi connectivity index (χ0n) is 22.0. The summed E-state index contributed by atoms with van der Waals surface area (Å²) in [7, 11) is 0. The lowest BCUT2D eigenvalue weighted by atomic mass is 10.1. The van der Waals surface area contributed by atoms with Crippen molar-refractivity contribution in [2.75, 3.05) is 41.3 Å². The van der Waals surface area contributed by atoms with Gasteiger partial charge in [-0.15, -0.1) is 0 Å². The van der Waals surface area contributed by atoms with E-state index in [0.717, 1.165) is 12.1 Å². The number of carbonyl (C=O) groups is 3. The molecule has 1 aliphatic heterocycles. The quantitative estimate of drug-likeness (QED) is 0.302. The van der Waals surface area contributed by atoms with E-state index in [9.17, 15) is 14.4 Å². The van der Waals surface area contributed by atoms with Gasteiger partial charge in [0, 0.05) is 42.9 Å². The van der Waals surface area contributed by atoms with E-state index in [1.165, 1.54) is 16.7 Å². The molecular formula is C31H30N6O3. The molecule has 0 saturated carbocycles. The Bertz CT molecular complexity index is 1460. The predicted molar refractivity (Wildman–Crippen MR) is 154 cm³/mol. The molecule has 0 spiro atoms. The third-order valence-electron chi connectivity index (χ3n) is 6.66. The Morgan fingerprint density at radius 3 is 2.50 bits per heavy atom. The fourth-order valence-electron chi connectivity index (χ4n) is 4.59. The van der Waals surface area contributed by atoms with Gasteiger partial charge in [-0.05, 0) is 61.0 Å². The summed E-state index contributed by atoms with van der Waals surface area (Å²) in [4.78, 5) is 50.9. The summed E-state index contributed by atoms with van der Waals surface area (Å²) < 4.78 is 0. The zero-order chi connectivity index (χ0) is 27.7. The molecule has 40 heavy (non-hydrogen) atoms. The molecule has 2 aromatic heterocycles. The average molecular weight is 535 g/mol. The number of hydrogen-bond donors (Lipinski definition) is 2. The van der Waals surface area contributed by atoms with Gasteiger partial charge in [0.15, 0.2) is 0 Å². The second-order valence-corrected chi connectivity index (χ2v) is 9.41. The molecule has 0 atom stereocenters. The molecule has 0 unspecified atom stereocenters. The predicted octanol–water partition coefficient (Wildman–Crippen LogP) is 3.48. The number of benzene rings is 2. The van der Waals surface area contributed by atoms with Gasteiger partial charge in [-0.3, -0.25) is 29.3 Å². The van der Waals surface area contributed by atoms with Gasteiger partial charge in [-0.25, -0.2) is 0 Å². The van der Waals surface area contributed by atoms with Crippen LogP contribution in [0, 0.1) is 0 Å². The normalized spacial score (nSPS) is 12.7. The molecule has 0 saturated heterocycles. The number of amides is 3. The lowest BCUT2D eigenvalue weighted by molar-refractivity contribution is -0.122. The van der Waals surface area contributed by atoms with Crippen LogP contribution in [-0.2, 0) is 22.4 Å². The largest absolute Gasteiger partial charge is 0.322 e. The van der Waals surface area contributed by atoms with Crippen LogP contribution in [0.5, 0.6) is 0 Å². The molecule has 0 bridgehead atoms. The number of anilines is 3. The summed E-state index contributed by atoms with van der Waals surface area (Å²) in [6.45, 7) is 1.04. The fraction of sp³-hybridized carbons (Fsp3) is 0.194. The van der Waals surface area contributed by atoms with Crippen LogP contribution in [-0.4, -0.2) is 53.9 Å². The van der Waals surface area contributed by atoms with E-state index in [-0.39, 0.29) is 30.8 Å². The van der Waals surface area contributed by atoms with E-state index >= 15 is 0 Å². The zero-order valence-corrected chi connectivity index (χ0v) is 22.0. The molecule has 9 nitrogen and oxygen atoms in total. The maximum absolute atomic E-state index is 13.3. The van der Waals surface area contributed by atoms with Gasteiger partial charge >= 0.3 is 0 Å². The van der Waals surface area contributed by atoms with Crippen LogP contribution in [0.15, 0.2) is 97.5 Å². The molecular weight excluding hydrogens is 504 g/mol. The van der Waals surface area contributed by atoms with Crippen LogP contribution in [0.4, 0.5) is 17.1 Å². The van der Waals surface area contributed by atoms with Crippen molar-refractivity contribution in [2.24, 2.45) is 0 Å². The summed E-state index contributed by atoms with van der Waals surface area (Å²) in [5, 5.41) is 6.08. The molecule has 2 aromatic carbocycles. The molecule has 4 aromatic rings. The van der Waals surface area contributed by atoms with Gasteiger partial charge in [-0.1, -0.05) is 36.4 Å². The molecule has 3 heterocycles. The van der Waals surface area contributed by atoms with Gasteiger partial charge in [0.1, 0.15) is 6.54 Å². The van der Waals surface area contributed by atoms with Gasteiger partial charge in [0.2, 0.25) is 11.8 Å². The monoisotopic (exact) mass is 534 g/mol. The Balaban J connectivity index is 1.34. The van der Waals surface area contributed by atoms with Crippen LogP contribution in [0.2, 0.25) is 0 Å². The van der Waals surface area contributed by atoms with E-state index < -0.39 is 0 Å². The molecule has 202 valence electrons. The minimum Gasteiger partial charge on any atom is -0.322 e. The molecule has 9 heteroatoms. The summed E-state index contributed by atoms with van der Waals surface area (Å²) >= 11 is 0. The van der Waals surface area contributed by atoms with Crippen LogP contribution >= 0.6 is 0 Å². The maximum atomic E-state index is 13.3. The molecule has 2 N–H and O–H groups in total. The first-order chi connectivity index (χ1) is 19.6. The van der Waals surface area contributed by atoms with Crippen molar-refractivity contribution < 1.29 is 14.4 Å². The van der Waals surface area contributed by atoms with E-state index in [1.54, 1.807) is 47.6 Å². The Kier molecular flexibility index (Phi) is 8.53. The van der Waals surface area contributed by atoms with Gasteiger partial charge < -0.3 is 15.5 Å². The third kappa shape index (κ3) is 6.57. The van der Waals surface area contributed by atoms with Crippen molar-refractivity contribution in [3.63, 3.8) is 0 Å². The van der Waals surface area contributed by atoms with E-state index in [4.69, 9.17) is 0 Å². The van der Waals surface area contributed by atoms with Gasteiger partial charge in [-0.2, -0.15) is 0 Å². The Hall–Kier alpha value is -4.89. The molecule has 0 fully saturated rings. The van der Waals surface area contributed by atoms with Crippen molar-refractivity contribution in [1.82, 2.24) is 15.3 Å². The van der Waals surface area contributed by atoms with Gasteiger partial charge in [0.05, 0.1) is 23.5 Å². The summed E-state index contributed by atoms with van der Waals surface area (Å²) in [6.07, 6.45) is 6.17. The Labute approximate surface area is 232 Å². The van der Waals surface area contributed by atoms with Crippen molar-refractivity contribution in [3.8, 4) is 0 Å². The van der Waals surface area contributed by atoms with E-state index in [2.05, 4.69) is 20.6 Å². The average Bonchev–Trinajstić information content (AvgIpc) is 3.00. The second kappa shape index (κ2) is 12.8. The van der Waals surface area contributed by atoms with Crippen LogP contribution in [0.3, 0.4) is 0 Å². The highest BCUT2D eigenvalue weighted by Crippen LogP contribution is 2.36. The highest BCUT2D eigenvalue weighted by molar-refractivity contribution is 6.12. The smallest absolute Gasteiger partial charge is 0.257 e. The highest BCUT2D eigenvalue weighted by atomic mass is 16.2. The number of pyridine rings is 2. The first-order valence-electron chi connectivity index (χ1n) is 13.2. The van der Waals surface area contributed by atoms with Crippen LogP contribution in [0.25, 0.3) is 0 Å². The SMILES string of the molecule is O=C(Nc1ccc2c(c1)N(C(=O)CNCCc1ccccc1)CC(=O)N2CCc1ccccn1)c1cccnc1. The fourth-order valence-corrected chi connectivity index (χ4v) is 4.59. The number of carbonyl (C=O) groups excluding carboxylic acids is 3. The summed E-state index contributed by atoms with van der Waals surface area (Å²) in [5.41, 5.74) is 4.17. The molecule has 1 aliphatic rings. The maximum Gasteiger partial charge on any atom is 0.257 e. The summed E-state index contributed by atoms with van der Waals surface area (Å²) in [6, 6.07) is 24.3. The van der Waals surface area contributed by atoms with Crippen molar-refractivity contribution >= 4 is 34.8 Å². The first kappa shape index (κ1) is 26.7. The molecule has 0 aliphatic carbocycles. The number of nitrogens with zero attached hydrogens (tertiary/aromatic N) is 4. The van der Waals surface area contributed by atoms with E-state index in [0.29, 0.717) is 42.1 Å². The lowest BCUT2D eigenvalue weighted by Gasteiger charge is -2.36. The highest BCUT2D eigenvalue weighted by Gasteiger charge is 2.32. The van der Waals surface area contributed by atoms with Gasteiger partial charge in [0.25, 0.3) is 5.91 Å². The number of hydrogen-bond acceptors (Lipinski definition) is 6. The van der Waals surface area contributed by atoms with Crippen LogP contribution in [0.1, 0.15) is 21.6 Å². The van der Waals surface area contributed by atoms with Crippen molar-refractivity contribution in [1.29, 1.82) is 0 Å². The second-order valence-electron chi connectivity index (χ2n) is 9.41. The van der Waals surface area contributed by atoms with Crippen molar-refractivity contribution in [3.05, 3.63) is 114 Å². The first-order valence-corrected chi connectivity index (χ1v) is 13.2. The topological polar surface area (TPSA) is 108 Å². The molecule has 0 radical (unpaired) electrons. The minimum absolute atomic E-state index is 0.0831. The summed E-state index contributed by atoms with van der Waals surface area (Å²) in [5.74, 6) is -0.705. The van der Waals surface area contributed by atoms with E-state index in [1.807, 2.05) is 48.5 Å². The molecule has 3 amide bonds. The Morgan fingerprint density at radius 2 is 1.73 bits per heavy atom. The third-order valence-corrected chi connectivity index (χ3v) is 6.66. The number of aromatic nitrogens is 2. The van der Waals surface area contributed by atoms with Crippen molar-refractivity contribution in [2.45, 2.75) is 12.8 Å². The standard InChI is InChI=1S/C31H30N6O3/c38-29(21-33-17-13-23-7-2-1-3-8-23)37-22-30(39)36(18-14-25-10-4-5-16-34-25)27-12-11-26(19-28(27)37)35-31(40)24-9-6-15-32-20-24/h1-12,15-16,19-20,33H,13-14,17-18,21-22H2,(H,35,40). The molecule has 5 rings (SSSR count). The number of nitrogens with one attached hydrogen (secondary N) is 2. The van der Waals surface area contributed by atoms with Crippen LogP contribution < -0.4 is 20.4 Å². The number of fused-ring (bicyclic) bond motifs is 1. The lowest BCUT2D eigenvalue weighted by Crippen LogP contribution is -2.50. The Morgan fingerprint density at radius 1 is 0.875 bits per heavy atom.